The maximum absolute atomic E-state index is 12.0. The zero-order valence-corrected chi connectivity index (χ0v) is 11.4. The van der Waals surface area contributed by atoms with Crippen LogP contribution in [0.3, 0.4) is 0 Å². The number of rotatable bonds is 4. The first kappa shape index (κ1) is 13.9. The number of hydrogen-bond acceptors (Lipinski definition) is 4. The van der Waals surface area contributed by atoms with Gasteiger partial charge in [0.05, 0.1) is 5.69 Å². The monoisotopic (exact) mass is 275 g/mol. The number of hydrogen-bond donors (Lipinski definition) is 3. The van der Waals surface area contributed by atoms with Crippen LogP contribution in [-0.4, -0.2) is 25.9 Å². The third kappa shape index (κ3) is 2.74. The molecule has 1 aromatic heterocycles. The van der Waals surface area contributed by atoms with Crippen molar-refractivity contribution < 1.29 is 15.0 Å². The Morgan fingerprint density at radius 2 is 2.00 bits per heavy atom. The number of carbonyl (C=O) groups excluding carboxylic acids is 1. The summed E-state index contributed by atoms with van der Waals surface area (Å²) in [4.78, 5) is 12.0. The molecule has 3 N–H and O–H groups in total. The molecule has 0 unspecified atom stereocenters. The summed E-state index contributed by atoms with van der Waals surface area (Å²) in [6.07, 6.45) is 2.61. The summed E-state index contributed by atoms with van der Waals surface area (Å²) in [6.45, 7) is 2.28. The van der Waals surface area contributed by atoms with Gasteiger partial charge in [0.15, 0.2) is 0 Å². The van der Waals surface area contributed by atoms with Gasteiger partial charge in [0, 0.05) is 25.4 Å². The van der Waals surface area contributed by atoms with Gasteiger partial charge in [-0.15, -0.1) is 0 Å². The molecule has 1 aromatic carbocycles. The van der Waals surface area contributed by atoms with Crippen molar-refractivity contribution >= 4 is 5.91 Å². The lowest BCUT2D eigenvalue weighted by Crippen LogP contribution is -2.23. The Bertz CT molecular complexity index is 614. The van der Waals surface area contributed by atoms with Crippen LogP contribution >= 0.6 is 0 Å². The van der Waals surface area contributed by atoms with Gasteiger partial charge in [-0.1, -0.05) is 13.0 Å². The highest BCUT2D eigenvalue weighted by molar-refractivity contribution is 5.99. The van der Waals surface area contributed by atoms with Crippen molar-refractivity contribution in [3.8, 4) is 11.5 Å². The van der Waals surface area contributed by atoms with Crippen LogP contribution in [0.4, 0.5) is 0 Å². The minimum atomic E-state index is -0.522. The Kier molecular flexibility index (Phi) is 3.93. The number of aromatic nitrogens is 2. The molecule has 6 nitrogen and oxygen atoms in total. The van der Waals surface area contributed by atoms with Crippen molar-refractivity contribution in [2.24, 2.45) is 7.05 Å². The second-order valence-corrected chi connectivity index (χ2v) is 4.48. The smallest absolute Gasteiger partial charge is 0.259 e. The van der Waals surface area contributed by atoms with Crippen molar-refractivity contribution in [2.45, 2.75) is 19.9 Å². The van der Waals surface area contributed by atoms with Crippen molar-refractivity contribution in [3.63, 3.8) is 0 Å². The number of nitrogens with one attached hydrogen (secondary N) is 1. The van der Waals surface area contributed by atoms with E-state index in [1.54, 1.807) is 4.68 Å². The summed E-state index contributed by atoms with van der Waals surface area (Å²) in [5, 5.41) is 26.2. The lowest BCUT2D eigenvalue weighted by atomic mass is 10.1. The molecule has 1 heterocycles. The van der Waals surface area contributed by atoms with E-state index in [-0.39, 0.29) is 17.1 Å². The summed E-state index contributed by atoms with van der Waals surface area (Å²) in [7, 11) is 1.82. The van der Waals surface area contributed by atoms with E-state index in [4.69, 9.17) is 0 Å². The van der Waals surface area contributed by atoms with Gasteiger partial charge in [-0.2, -0.15) is 5.10 Å². The van der Waals surface area contributed by atoms with Gasteiger partial charge in [-0.05, 0) is 18.6 Å². The van der Waals surface area contributed by atoms with E-state index in [0.717, 1.165) is 17.7 Å². The lowest BCUT2D eigenvalue weighted by molar-refractivity contribution is 0.0945. The number of aryl methyl sites for hydroxylation is 2. The molecule has 20 heavy (non-hydrogen) atoms. The first-order chi connectivity index (χ1) is 9.52. The van der Waals surface area contributed by atoms with Crippen molar-refractivity contribution in [1.29, 1.82) is 0 Å². The normalized spacial score (nSPS) is 10.5. The van der Waals surface area contributed by atoms with E-state index in [1.807, 2.05) is 20.2 Å². The number of phenols is 2. The minimum absolute atomic E-state index is 0.116. The summed E-state index contributed by atoms with van der Waals surface area (Å²) in [6, 6.07) is 4.18. The van der Waals surface area contributed by atoms with Crippen molar-refractivity contribution in [2.75, 3.05) is 0 Å². The van der Waals surface area contributed by atoms with Crippen molar-refractivity contribution in [3.05, 3.63) is 41.2 Å². The van der Waals surface area contributed by atoms with E-state index >= 15 is 0 Å². The summed E-state index contributed by atoms with van der Waals surface area (Å²) in [5.41, 5.74) is 1.71. The molecule has 0 saturated heterocycles. The zero-order chi connectivity index (χ0) is 14.7. The van der Waals surface area contributed by atoms with Crippen LogP contribution in [0.5, 0.6) is 11.5 Å². The Labute approximate surface area is 116 Å². The second-order valence-electron chi connectivity index (χ2n) is 4.48. The fraction of sp³-hybridized carbons (Fsp3) is 0.286. The van der Waals surface area contributed by atoms with Gasteiger partial charge >= 0.3 is 0 Å². The number of aromatic hydroxyl groups is 2. The Balaban J connectivity index is 2.13. The van der Waals surface area contributed by atoms with Gasteiger partial charge in [-0.25, -0.2) is 0 Å². The molecule has 0 spiro atoms. The molecule has 1 amide bonds. The molecule has 2 rings (SSSR count). The highest BCUT2D eigenvalue weighted by Gasteiger charge is 2.16. The molecule has 0 fully saturated rings. The third-order valence-electron chi connectivity index (χ3n) is 3.01. The van der Waals surface area contributed by atoms with Crippen molar-refractivity contribution in [1.82, 2.24) is 15.1 Å². The van der Waals surface area contributed by atoms with E-state index in [9.17, 15) is 15.0 Å². The molecule has 0 aliphatic carbocycles. The fourth-order valence-corrected chi connectivity index (χ4v) is 2.05. The van der Waals surface area contributed by atoms with Crippen LogP contribution in [0.1, 0.15) is 28.5 Å². The second kappa shape index (κ2) is 5.64. The molecule has 6 heteroatoms. The van der Waals surface area contributed by atoms with Gasteiger partial charge in [-0.3, -0.25) is 9.48 Å². The van der Waals surface area contributed by atoms with Gasteiger partial charge < -0.3 is 15.5 Å². The van der Waals surface area contributed by atoms with Crippen LogP contribution in [0.2, 0.25) is 0 Å². The maximum Gasteiger partial charge on any atom is 0.259 e. The average molecular weight is 275 g/mol. The number of carbonyl (C=O) groups is 1. The van der Waals surface area contributed by atoms with Gasteiger partial charge in [0.2, 0.25) is 0 Å². The van der Waals surface area contributed by atoms with Gasteiger partial charge in [0.1, 0.15) is 17.1 Å². The topological polar surface area (TPSA) is 87.4 Å². The molecule has 106 valence electrons. The maximum atomic E-state index is 12.0. The van der Waals surface area contributed by atoms with Crippen LogP contribution in [-0.2, 0) is 20.0 Å². The number of benzene rings is 1. The van der Waals surface area contributed by atoms with E-state index in [0.29, 0.717) is 6.54 Å². The molecule has 0 bridgehead atoms. The Hall–Kier alpha value is -2.50. The first-order valence-corrected chi connectivity index (χ1v) is 6.33. The molecule has 2 aromatic rings. The zero-order valence-electron chi connectivity index (χ0n) is 11.4. The quantitative estimate of drug-likeness (QED) is 0.785. The van der Waals surface area contributed by atoms with Crippen LogP contribution < -0.4 is 5.32 Å². The molecule has 0 saturated carbocycles. The third-order valence-corrected chi connectivity index (χ3v) is 3.01. The highest BCUT2D eigenvalue weighted by Crippen LogP contribution is 2.25. The summed E-state index contributed by atoms with van der Waals surface area (Å²) < 4.78 is 1.69. The highest BCUT2D eigenvalue weighted by atomic mass is 16.3. The summed E-state index contributed by atoms with van der Waals surface area (Å²) in [5.74, 6) is -1.01. The van der Waals surface area contributed by atoms with E-state index < -0.39 is 5.91 Å². The Morgan fingerprint density at radius 1 is 1.35 bits per heavy atom. The fourth-order valence-electron chi connectivity index (χ4n) is 2.05. The predicted octanol–water partition coefficient (Wildman–Crippen LogP) is 1.32. The average Bonchev–Trinajstić information content (AvgIpc) is 2.76. The van der Waals surface area contributed by atoms with Crippen LogP contribution in [0, 0.1) is 0 Å². The van der Waals surface area contributed by atoms with E-state index in [1.165, 1.54) is 18.2 Å². The SMILES string of the molecule is CCc1nn(C)cc1CNC(=O)c1c(O)cccc1O. The van der Waals surface area contributed by atoms with Crippen LogP contribution in [0.15, 0.2) is 24.4 Å². The molecular weight excluding hydrogens is 258 g/mol. The molecule has 0 atom stereocenters. The van der Waals surface area contributed by atoms with E-state index in [2.05, 4.69) is 10.4 Å². The number of phenolic OH excluding ortho intramolecular Hbond substituents is 2. The molecule has 0 aliphatic heterocycles. The standard InChI is InChI=1S/C14H17N3O3/c1-3-10-9(8-17(2)16-10)7-15-14(20)13-11(18)5-4-6-12(13)19/h4-6,8,18-19H,3,7H2,1-2H3,(H,15,20). The van der Waals surface area contributed by atoms with Crippen LogP contribution in [0.25, 0.3) is 0 Å². The molecule has 0 aliphatic rings. The first-order valence-electron chi connectivity index (χ1n) is 6.33. The lowest BCUT2D eigenvalue weighted by Gasteiger charge is -2.08. The van der Waals surface area contributed by atoms with Gasteiger partial charge in [0.25, 0.3) is 5.91 Å². The number of amides is 1. The largest absolute Gasteiger partial charge is 0.507 e. The predicted molar refractivity (Wildman–Crippen MR) is 73.5 cm³/mol. The molecular formula is C14H17N3O3. The molecule has 0 radical (unpaired) electrons. The number of nitrogens with zero attached hydrogens (tertiary/aromatic N) is 2. The Morgan fingerprint density at radius 3 is 2.60 bits per heavy atom. The summed E-state index contributed by atoms with van der Waals surface area (Å²) >= 11 is 0. The minimum Gasteiger partial charge on any atom is -0.507 e.